The summed E-state index contributed by atoms with van der Waals surface area (Å²) in [6.07, 6.45) is -5.19. The van der Waals surface area contributed by atoms with Crippen LogP contribution in [0.4, 0.5) is 13.2 Å². The topological polar surface area (TPSA) is 20.2 Å². The van der Waals surface area contributed by atoms with Crippen LogP contribution in [0.1, 0.15) is 22.8 Å². The first-order valence-electron chi connectivity index (χ1n) is 6.06. The summed E-state index contributed by atoms with van der Waals surface area (Å²) in [5.41, 5.74) is 0.288. The lowest BCUT2D eigenvalue weighted by atomic mass is 10.00. The molecule has 0 bridgehead atoms. The van der Waals surface area contributed by atoms with Gasteiger partial charge in [0.25, 0.3) is 0 Å². The van der Waals surface area contributed by atoms with Crippen LogP contribution in [-0.4, -0.2) is 5.11 Å². The molecule has 0 aliphatic rings. The second-order valence-corrected chi connectivity index (χ2v) is 5.85. The Bertz CT molecular complexity index is 643. The first kappa shape index (κ1) is 16.3. The molecule has 0 amide bonds. The number of hydrogen-bond acceptors (Lipinski definition) is 1. The summed E-state index contributed by atoms with van der Waals surface area (Å²) in [4.78, 5) is 0. The molecule has 0 heterocycles. The summed E-state index contributed by atoms with van der Waals surface area (Å²) in [5, 5.41) is 10.6. The van der Waals surface area contributed by atoms with Crippen molar-refractivity contribution in [3.05, 3.63) is 68.7 Å². The molecule has 0 radical (unpaired) electrons. The highest BCUT2D eigenvalue weighted by Gasteiger charge is 2.30. The van der Waals surface area contributed by atoms with Crippen LogP contribution in [-0.2, 0) is 12.6 Å². The summed E-state index contributed by atoms with van der Waals surface area (Å²) in [5.74, 6) is 0. The van der Waals surface area contributed by atoms with E-state index in [4.69, 9.17) is 11.6 Å². The molecule has 112 valence electrons. The first-order chi connectivity index (χ1) is 9.77. The Balaban J connectivity index is 2.19. The highest BCUT2D eigenvalue weighted by Crippen LogP contribution is 2.31. The Morgan fingerprint density at radius 2 is 1.86 bits per heavy atom. The Hall–Kier alpha value is -1.04. The number of hydrogen-bond donors (Lipinski definition) is 1. The van der Waals surface area contributed by atoms with Crippen LogP contribution in [0.15, 0.2) is 46.9 Å². The van der Waals surface area contributed by atoms with Gasteiger partial charge in [0, 0.05) is 10.9 Å². The number of halogens is 5. The van der Waals surface area contributed by atoms with Gasteiger partial charge in [-0.2, -0.15) is 13.2 Å². The maximum absolute atomic E-state index is 12.6. The summed E-state index contributed by atoms with van der Waals surface area (Å²) < 4.78 is 38.6. The van der Waals surface area contributed by atoms with Gasteiger partial charge in [-0.3, -0.25) is 0 Å². The lowest BCUT2D eigenvalue weighted by molar-refractivity contribution is -0.137. The monoisotopic (exact) mass is 378 g/mol. The van der Waals surface area contributed by atoms with E-state index in [0.29, 0.717) is 20.6 Å². The quantitative estimate of drug-likeness (QED) is 0.757. The van der Waals surface area contributed by atoms with Crippen molar-refractivity contribution < 1.29 is 18.3 Å². The third kappa shape index (κ3) is 4.22. The minimum absolute atomic E-state index is 0.0952. The molecular weight excluding hydrogens is 369 g/mol. The molecule has 0 spiro atoms. The van der Waals surface area contributed by atoms with Crippen molar-refractivity contribution in [2.24, 2.45) is 0 Å². The number of benzene rings is 2. The fraction of sp³-hybridized carbons (Fsp3) is 0.200. The van der Waals surface area contributed by atoms with Gasteiger partial charge in [-0.25, -0.2) is 0 Å². The van der Waals surface area contributed by atoms with Gasteiger partial charge in [0.05, 0.1) is 16.7 Å². The van der Waals surface area contributed by atoms with Crippen molar-refractivity contribution in [3.63, 3.8) is 0 Å². The third-order valence-electron chi connectivity index (χ3n) is 3.01. The molecule has 1 atom stereocenters. The van der Waals surface area contributed by atoms with Crippen molar-refractivity contribution in [1.29, 1.82) is 0 Å². The Morgan fingerprint density at radius 3 is 2.48 bits per heavy atom. The van der Waals surface area contributed by atoms with Gasteiger partial charge in [0.1, 0.15) is 0 Å². The maximum Gasteiger partial charge on any atom is 0.416 e. The van der Waals surface area contributed by atoms with Gasteiger partial charge in [0.15, 0.2) is 0 Å². The lowest BCUT2D eigenvalue weighted by Crippen LogP contribution is -2.07. The predicted molar refractivity (Wildman–Crippen MR) is 79.3 cm³/mol. The predicted octanol–water partition coefficient (Wildman–Crippen LogP) is 5.40. The van der Waals surface area contributed by atoms with E-state index in [0.717, 1.165) is 12.1 Å². The molecule has 2 aromatic carbocycles. The Labute approximate surface area is 133 Å². The minimum atomic E-state index is -4.38. The highest BCUT2D eigenvalue weighted by atomic mass is 79.9. The summed E-state index contributed by atoms with van der Waals surface area (Å²) in [6.45, 7) is 0. The summed E-state index contributed by atoms with van der Waals surface area (Å²) in [7, 11) is 0. The zero-order chi connectivity index (χ0) is 15.6. The zero-order valence-electron chi connectivity index (χ0n) is 10.7. The highest BCUT2D eigenvalue weighted by molar-refractivity contribution is 9.10. The van der Waals surface area contributed by atoms with Gasteiger partial charge < -0.3 is 5.11 Å². The largest absolute Gasteiger partial charge is 0.416 e. The lowest BCUT2D eigenvalue weighted by Gasteiger charge is -2.13. The van der Waals surface area contributed by atoms with E-state index in [1.807, 2.05) is 0 Å². The van der Waals surface area contributed by atoms with Crippen molar-refractivity contribution >= 4 is 27.5 Å². The van der Waals surface area contributed by atoms with Crippen molar-refractivity contribution in [2.75, 3.05) is 0 Å². The normalized spacial score (nSPS) is 13.2. The molecule has 0 aliphatic carbocycles. The summed E-state index contributed by atoms with van der Waals surface area (Å²) in [6, 6.07) is 9.87. The molecule has 6 heteroatoms. The smallest absolute Gasteiger partial charge is 0.388 e. The number of aliphatic hydroxyl groups excluding tert-OH is 1. The van der Waals surface area contributed by atoms with E-state index in [2.05, 4.69) is 15.9 Å². The van der Waals surface area contributed by atoms with Crippen LogP contribution in [0, 0.1) is 0 Å². The number of aliphatic hydroxyl groups is 1. The van der Waals surface area contributed by atoms with E-state index in [-0.39, 0.29) is 6.42 Å². The van der Waals surface area contributed by atoms with Crippen LogP contribution in [0.2, 0.25) is 5.02 Å². The van der Waals surface area contributed by atoms with Crippen LogP contribution in [0.3, 0.4) is 0 Å². The molecule has 0 fully saturated rings. The Kier molecular flexibility index (Phi) is 4.96. The second-order valence-electron chi connectivity index (χ2n) is 4.59. The Morgan fingerprint density at radius 1 is 1.14 bits per heavy atom. The average molecular weight is 380 g/mol. The zero-order valence-corrected chi connectivity index (χ0v) is 13.0. The molecular formula is C15H11BrClF3O. The molecule has 1 N–H and O–H groups in total. The van der Waals surface area contributed by atoms with E-state index < -0.39 is 17.8 Å². The van der Waals surface area contributed by atoms with Crippen LogP contribution in [0.5, 0.6) is 0 Å². The van der Waals surface area contributed by atoms with Crippen LogP contribution >= 0.6 is 27.5 Å². The molecule has 1 nitrogen and oxygen atoms in total. The van der Waals surface area contributed by atoms with E-state index in [1.54, 1.807) is 24.3 Å². The van der Waals surface area contributed by atoms with Gasteiger partial charge in [0.2, 0.25) is 0 Å². The van der Waals surface area contributed by atoms with Crippen LogP contribution < -0.4 is 0 Å². The molecule has 0 aromatic heterocycles. The fourth-order valence-corrected chi connectivity index (χ4v) is 2.45. The second kappa shape index (κ2) is 6.38. The molecule has 2 aromatic rings. The van der Waals surface area contributed by atoms with Crippen LogP contribution in [0.25, 0.3) is 0 Å². The molecule has 0 saturated heterocycles. The minimum Gasteiger partial charge on any atom is -0.388 e. The van der Waals surface area contributed by atoms with E-state index >= 15 is 0 Å². The van der Waals surface area contributed by atoms with Crippen molar-refractivity contribution in [2.45, 2.75) is 18.7 Å². The third-order valence-corrected chi connectivity index (χ3v) is 4.23. The van der Waals surface area contributed by atoms with Crippen molar-refractivity contribution in [1.82, 2.24) is 0 Å². The van der Waals surface area contributed by atoms with Crippen molar-refractivity contribution in [3.8, 4) is 0 Å². The molecule has 0 saturated carbocycles. The molecule has 0 aliphatic heterocycles. The maximum atomic E-state index is 12.6. The molecule has 2 rings (SSSR count). The molecule has 21 heavy (non-hydrogen) atoms. The summed E-state index contributed by atoms with van der Waals surface area (Å²) >= 11 is 9.11. The van der Waals surface area contributed by atoms with Gasteiger partial charge >= 0.3 is 6.18 Å². The van der Waals surface area contributed by atoms with E-state index in [1.165, 1.54) is 6.07 Å². The SMILES string of the molecule is OC(Cc1cccc(C(F)(F)F)c1)c1ccc(Cl)c(Br)c1. The fourth-order valence-electron chi connectivity index (χ4n) is 1.94. The van der Waals surface area contributed by atoms with Gasteiger partial charge in [-0.05, 0) is 45.3 Å². The first-order valence-corrected chi connectivity index (χ1v) is 7.23. The molecule has 1 unspecified atom stereocenters. The number of alkyl halides is 3. The number of rotatable bonds is 3. The standard InChI is InChI=1S/C15H11BrClF3O/c16-12-8-10(4-5-13(12)17)14(21)7-9-2-1-3-11(6-9)15(18,19)20/h1-6,8,14,21H,7H2. The van der Waals surface area contributed by atoms with E-state index in [9.17, 15) is 18.3 Å². The van der Waals surface area contributed by atoms with Gasteiger partial charge in [-0.1, -0.05) is 35.9 Å². The van der Waals surface area contributed by atoms with Gasteiger partial charge in [-0.15, -0.1) is 0 Å². The average Bonchev–Trinajstić information content (AvgIpc) is 2.41.